The molecule has 1 saturated heterocycles. The number of likely N-dealkylation sites (tertiary alicyclic amines) is 1. The third-order valence-electron chi connectivity index (χ3n) is 3.88. The van der Waals surface area contributed by atoms with Crippen LogP contribution in [-0.4, -0.2) is 46.0 Å². The minimum Gasteiger partial charge on any atom is -0.484 e. The van der Waals surface area contributed by atoms with Crippen LogP contribution >= 0.6 is 0 Å². The van der Waals surface area contributed by atoms with Crippen molar-refractivity contribution >= 4 is 5.91 Å². The monoisotopic (exact) mass is 372 g/mol. The van der Waals surface area contributed by atoms with Crippen LogP contribution in [0.4, 0.5) is 13.2 Å². The minimum atomic E-state index is -4.76. The van der Waals surface area contributed by atoms with Crippen LogP contribution in [0.15, 0.2) is 34.9 Å². The van der Waals surface area contributed by atoms with Crippen molar-refractivity contribution < 1.29 is 37.0 Å². The Hall–Kier alpha value is -2.75. The molecule has 2 atom stereocenters. The van der Waals surface area contributed by atoms with E-state index in [1.54, 1.807) is 6.92 Å². The average molecular weight is 372 g/mol. The molecule has 1 aromatic heterocycles. The Morgan fingerprint density at radius 2 is 2.00 bits per heavy atom. The van der Waals surface area contributed by atoms with Gasteiger partial charge < -0.3 is 23.9 Å². The van der Waals surface area contributed by atoms with Gasteiger partial charge >= 0.3 is 6.36 Å². The Morgan fingerprint density at radius 3 is 2.58 bits per heavy atom. The van der Waals surface area contributed by atoms with Crippen LogP contribution < -0.4 is 9.47 Å². The van der Waals surface area contributed by atoms with E-state index in [9.17, 15) is 23.1 Å². The molecule has 3 rings (SSSR count). The first-order valence-corrected chi connectivity index (χ1v) is 7.65. The molecule has 1 N–H and O–H groups in total. The molecule has 2 aromatic rings. The van der Waals surface area contributed by atoms with Gasteiger partial charge in [-0.2, -0.15) is 0 Å². The molecule has 0 spiro atoms. The maximum absolute atomic E-state index is 12.2. The molecule has 2 heterocycles. The first kappa shape index (κ1) is 18.1. The van der Waals surface area contributed by atoms with Crippen LogP contribution in [0.5, 0.6) is 11.5 Å². The lowest BCUT2D eigenvalue weighted by Crippen LogP contribution is -2.60. The summed E-state index contributed by atoms with van der Waals surface area (Å²) in [6.07, 6.45) is -4.11. The molecule has 10 heteroatoms. The molecule has 1 fully saturated rings. The van der Waals surface area contributed by atoms with Gasteiger partial charge in [0.25, 0.3) is 5.91 Å². The molecule has 0 aliphatic carbocycles. The molecule has 1 aromatic carbocycles. The van der Waals surface area contributed by atoms with E-state index in [1.165, 1.54) is 23.3 Å². The number of aliphatic hydroxyl groups is 1. The zero-order valence-electron chi connectivity index (χ0n) is 13.6. The number of nitrogens with zero attached hydrogens (tertiary/aromatic N) is 2. The van der Waals surface area contributed by atoms with Gasteiger partial charge in [-0.05, 0) is 31.2 Å². The van der Waals surface area contributed by atoms with Crippen molar-refractivity contribution in [2.24, 2.45) is 0 Å². The summed E-state index contributed by atoms with van der Waals surface area (Å²) < 4.78 is 50.5. The van der Waals surface area contributed by atoms with E-state index in [2.05, 4.69) is 9.72 Å². The van der Waals surface area contributed by atoms with E-state index in [1.807, 2.05) is 0 Å². The predicted octanol–water partition coefficient (Wildman–Crippen LogP) is 2.36. The van der Waals surface area contributed by atoms with Crippen LogP contribution in [0, 0.1) is 0 Å². The van der Waals surface area contributed by atoms with Gasteiger partial charge in [-0.1, -0.05) is 0 Å². The minimum absolute atomic E-state index is 0.0938. The molecule has 7 nitrogen and oxygen atoms in total. The molecular weight excluding hydrogens is 357 g/mol. The van der Waals surface area contributed by atoms with E-state index in [0.717, 1.165) is 12.1 Å². The quantitative estimate of drug-likeness (QED) is 0.867. The Balaban J connectivity index is 1.54. The highest BCUT2D eigenvalue weighted by atomic mass is 19.4. The number of hydrogen-bond donors (Lipinski definition) is 1. The molecule has 1 aliphatic rings. The zero-order valence-corrected chi connectivity index (χ0v) is 13.6. The molecule has 0 radical (unpaired) electrons. The summed E-state index contributed by atoms with van der Waals surface area (Å²) in [5, 5.41) is 9.45. The maximum atomic E-state index is 12.2. The number of hydrogen-bond acceptors (Lipinski definition) is 6. The summed E-state index contributed by atoms with van der Waals surface area (Å²) >= 11 is 0. The van der Waals surface area contributed by atoms with Gasteiger partial charge in [0.05, 0.1) is 12.1 Å². The topological polar surface area (TPSA) is 85.0 Å². The lowest BCUT2D eigenvalue weighted by Gasteiger charge is -2.42. The van der Waals surface area contributed by atoms with Crippen LogP contribution in [0.25, 0.3) is 0 Å². The number of halogens is 3. The highest BCUT2D eigenvalue weighted by molar-refractivity contribution is 5.92. The summed E-state index contributed by atoms with van der Waals surface area (Å²) in [6.45, 7) is 1.86. The van der Waals surface area contributed by atoms with E-state index in [4.69, 9.17) is 9.15 Å². The van der Waals surface area contributed by atoms with Gasteiger partial charge in [-0.25, -0.2) is 4.98 Å². The Morgan fingerprint density at radius 1 is 1.35 bits per heavy atom. The van der Waals surface area contributed by atoms with Crippen molar-refractivity contribution in [3.8, 4) is 11.5 Å². The summed E-state index contributed by atoms with van der Waals surface area (Å²) in [4.78, 5) is 17.6. The van der Waals surface area contributed by atoms with Crippen molar-refractivity contribution in [2.45, 2.75) is 32.0 Å². The zero-order chi connectivity index (χ0) is 18.9. The SMILES string of the molecule is C[C@H]1[C@@H](O)CN1C(=O)c1coc(COc2ccc(OC(F)(F)F)cc2)n1. The number of oxazole rings is 1. The van der Waals surface area contributed by atoms with Crippen molar-refractivity contribution in [1.29, 1.82) is 0 Å². The fraction of sp³-hybridized carbons (Fsp3) is 0.375. The first-order valence-electron chi connectivity index (χ1n) is 7.65. The van der Waals surface area contributed by atoms with Crippen molar-refractivity contribution in [3.63, 3.8) is 0 Å². The fourth-order valence-corrected chi connectivity index (χ4v) is 2.36. The molecule has 0 bridgehead atoms. The highest BCUT2D eigenvalue weighted by Crippen LogP contribution is 2.25. The number of ether oxygens (including phenoxy) is 2. The number of carbonyl (C=O) groups is 1. The normalized spacial score (nSPS) is 19.8. The van der Waals surface area contributed by atoms with E-state index in [-0.39, 0.29) is 48.2 Å². The number of carbonyl (C=O) groups excluding carboxylic acids is 1. The number of amides is 1. The third-order valence-corrected chi connectivity index (χ3v) is 3.88. The summed E-state index contributed by atoms with van der Waals surface area (Å²) in [5.41, 5.74) is 0.0938. The van der Waals surface area contributed by atoms with E-state index < -0.39 is 12.5 Å². The fourth-order valence-electron chi connectivity index (χ4n) is 2.36. The van der Waals surface area contributed by atoms with Crippen LogP contribution in [0.1, 0.15) is 23.3 Å². The molecule has 1 aliphatic heterocycles. The molecule has 0 saturated carbocycles. The standard InChI is InChI=1S/C16H15F3N2O5/c1-9-13(22)6-21(9)15(23)12-7-25-14(20-12)8-24-10-2-4-11(5-3-10)26-16(17,18)19/h2-5,7,9,13,22H,6,8H2,1H3/t9-,13-/m0/s1. The number of β-amino-alcohol motifs (C(OH)–C–C–N with tert-alkyl or cyclic N) is 1. The second-order valence-corrected chi connectivity index (χ2v) is 5.70. The van der Waals surface area contributed by atoms with Gasteiger partial charge in [-0.3, -0.25) is 4.79 Å². The second-order valence-electron chi connectivity index (χ2n) is 5.70. The number of rotatable bonds is 5. The molecule has 26 heavy (non-hydrogen) atoms. The van der Waals surface area contributed by atoms with E-state index >= 15 is 0 Å². The summed E-state index contributed by atoms with van der Waals surface area (Å²) in [7, 11) is 0. The summed E-state index contributed by atoms with van der Waals surface area (Å²) in [6, 6.07) is 4.56. The van der Waals surface area contributed by atoms with Crippen LogP contribution in [0.2, 0.25) is 0 Å². The number of alkyl halides is 3. The largest absolute Gasteiger partial charge is 0.573 e. The number of aliphatic hydroxyl groups excluding tert-OH is 1. The first-order chi connectivity index (χ1) is 12.2. The molecule has 0 unspecified atom stereocenters. The van der Waals surface area contributed by atoms with Gasteiger partial charge in [0.15, 0.2) is 12.3 Å². The predicted molar refractivity (Wildman–Crippen MR) is 80.5 cm³/mol. The number of benzene rings is 1. The number of aromatic nitrogens is 1. The van der Waals surface area contributed by atoms with Crippen molar-refractivity contribution in [1.82, 2.24) is 9.88 Å². The molecule has 140 valence electrons. The van der Waals surface area contributed by atoms with E-state index in [0.29, 0.717) is 0 Å². The Kier molecular flexibility index (Phi) is 4.77. The lowest BCUT2D eigenvalue weighted by atomic mass is 10.0. The average Bonchev–Trinajstić information content (AvgIpc) is 3.06. The van der Waals surface area contributed by atoms with Gasteiger partial charge in [-0.15, -0.1) is 13.2 Å². The Labute approximate surface area is 145 Å². The van der Waals surface area contributed by atoms with Crippen molar-refractivity contribution in [2.75, 3.05) is 6.54 Å². The second kappa shape index (κ2) is 6.87. The van der Waals surface area contributed by atoms with Gasteiger partial charge in [0, 0.05) is 6.54 Å². The third kappa shape index (κ3) is 4.07. The lowest BCUT2D eigenvalue weighted by molar-refractivity contribution is -0.274. The van der Waals surface area contributed by atoms with Gasteiger partial charge in [0.1, 0.15) is 17.8 Å². The summed E-state index contributed by atoms with van der Waals surface area (Å²) in [5.74, 6) is -0.297. The smallest absolute Gasteiger partial charge is 0.484 e. The maximum Gasteiger partial charge on any atom is 0.573 e. The molecule has 1 amide bonds. The molecular formula is C16H15F3N2O5. The van der Waals surface area contributed by atoms with Crippen LogP contribution in [0.3, 0.4) is 0 Å². The van der Waals surface area contributed by atoms with Crippen molar-refractivity contribution in [3.05, 3.63) is 42.1 Å². The highest BCUT2D eigenvalue weighted by Gasteiger charge is 2.38. The van der Waals surface area contributed by atoms with Crippen LogP contribution in [-0.2, 0) is 6.61 Å². The Bertz CT molecular complexity index is 775. The van der Waals surface area contributed by atoms with Gasteiger partial charge in [0.2, 0.25) is 5.89 Å².